The van der Waals surface area contributed by atoms with Crippen LogP contribution in [0, 0.1) is 5.41 Å². The van der Waals surface area contributed by atoms with E-state index in [0.29, 0.717) is 0 Å². The van der Waals surface area contributed by atoms with Crippen molar-refractivity contribution < 1.29 is 0 Å². The van der Waals surface area contributed by atoms with E-state index in [0.717, 1.165) is 48.4 Å². The van der Waals surface area contributed by atoms with E-state index in [1.807, 2.05) is 24.3 Å². The normalized spacial score (nSPS) is 16.4. The predicted molar refractivity (Wildman–Crippen MR) is 246 cm³/mol. The van der Waals surface area contributed by atoms with Gasteiger partial charge >= 0.3 is 0 Å². The Morgan fingerprint density at radius 3 is 2.12 bits per heavy atom. The van der Waals surface area contributed by atoms with E-state index in [2.05, 4.69) is 190 Å². The van der Waals surface area contributed by atoms with Gasteiger partial charge in [-0.25, -0.2) is 0 Å². The van der Waals surface area contributed by atoms with Gasteiger partial charge in [0.1, 0.15) is 0 Å². The van der Waals surface area contributed by atoms with Crippen LogP contribution in [0.25, 0.3) is 33.1 Å². The third-order valence-corrected chi connectivity index (χ3v) is 12.0. The van der Waals surface area contributed by atoms with Gasteiger partial charge < -0.3 is 9.47 Å². The number of hydrogen-bond acceptors (Lipinski definition) is 1. The fourth-order valence-corrected chi connectivity index (χ4v) is 9.37. The molecule has 57 heavy (non-hydrogen) atoms. The summed E-state index contributed by atoms with van der Waals surface area (Å²) in [6.07, 6.45) is 20.4. The summed E-state index contributed by atoms with van der Waals surface area (Å²) in [7, 11) is 0. The zero-order chi connectivity index (χ0) is 39.5. The Hall–Kier alpha value is -6.38. The van der Waals surface area contributed by atoms with Crippen molar-refractivity contribution in [2.75, 3.05) is 4.90 Å². The minimum absolute atomic E-state index is 0.0187. The second kappa shape index (κ2) is 16.0. The second-order valence-electron chi connectivity index (χ2n) is 15.9. The molecule has 0 N–H and O–H groups in total. The van der Waals surface area contributed by atoms with E-state index in [1.54, 1.807) is 17.2 Å². The monoisotopic (exact) mass is 740 g/mol. The summed E-state index contributed by atoms with van der Waals surface area (Å²) >= 11 is 0. The Bertz CT molecular complexity index is 2670. The van der Waals surface area contributed by atoms with E-state index in [9.17, 15) is 0 Å². The first-order valence-corrected chi connectivity index (χ1v) is 20.2. The van der Waals surface area contributed by atoms with Crippen LogP contribution < -0.4 is 4.90 Å². The lowest BCUT2D eigenvalue weighted by atomic mass is 9.73. The van der Waals surface area contributed by atoms with E-state index in [1.165, 1.54) is 55.2 Å². The molecule has 6 aromatic rings. The van der Waals surface area contributed by atoms with Crippen molar-refractivity contribution in [3.8, 4) is 5.69 Å². The summed E-state index contributed by atoms with van der Waals surface area (Å²) in [6, 6.07) is 44.5. The van der Waals surface area contributed by atoms with Gasteiger partial charge in [0, 0.05) is 38.9 Å². The van der Waals surface area contributed by atoms with Gasteiger partial charge in [0.2, 0.25) is 0 Å². The molecular weight excluding hydrogens is 689 g/mol. The molecule has 0 spiro atoms. The highest BCUT2D eigenvalue weighted by atomic mass is 15.1. The average molecular weight is 741 g/mol. The Morgan fingerprint density at radius 1 is 0.719 bits per heavy atom. The predicted octanol–water partition coefficient (Wildman–Crippen LogP) is 15.1. The minimum atomic E-state index is -0.0187. The van der Waals surface area contributed by atoms with Gasteiger partial charge in [-0.05, 0) is 134 Å². The molecule has 1 heterocycles. The molecule has 0 atom stereocenters. The quantitative estimate of drug-likeness (QED) is 0.120. The van der Waals surface area contributed by atoms with Crippen LogP contribution in [0.15, 0.2) is 211 Å². The number of rotatable bonds is 11. The lowest BCUT2D eigenvalue weighted by molar-refractivity contribution is 0.559. The first-order chi connectivity index (χ1) is 27.8. The summed E-state index contributed by atoms with van der Waals surface area (Å²) in [4.78, 5) is 2.30. The highest BCUT2D eigenvalue weighted by molar-refractivity contribution is 6.10. The van der Waals surface area contributed by atoms with Crippen LogP contribution in [-0.2, 0) is 6.42 Å². The molecule has 5 aromatic carbocycles. The number of allylic oxidation sites excluding steroid dienone is 14. The molecule has 2 aliphatic carbocycles. The molecule has 2 nitrogen and oxygen atoms in total. The van der Waals surface area contributed by atoms with E-state index in [-0.39, 0.29) is 5.41 Å². The van der Waals surface area contributed by atoms with Crippen LogP contribution in [-0.4, -0.2) is 4.57 Å². The number of anilines is 2. The molecule has 2 heteroatoms. The molecule has 0 aliphatic heterocycles. The summed E-state index contributed by atoms with van der Waals surface area (Å²) in [6.45, 7) is 17.1. The molecule has 0 unspecified atom stereocenters. The fourth-order valence-electron chi connectivity index (χ4n) is 9.37. The molecule has 8 rings (SSSR count). The van der Waals surface area contributed by atoms with Crippen LogP contribution in [0.3, 0.4) is 0 Å². The molecule has 1 aromatic heterocycles. The van der Waals surface area contributed by atoms with Crippen LogP contribution in [0.5, 0.6) is 0 Å². The smallest absolute Gasteiger partial charge is 0.0544 e. The summed E-state index contributed by atoms with van der Waals surface area (Å²) in [5.74, 6) is 0. The van der Waals surface area contributed by atoms with E-state index < -0.39 is 0 Å². The van der Waals surface area contributed by atoms with E-state index in [4.69, 9.17) is 0 Å². The van der Waals surface area contributed by atoms with Gasteiger partial charge in [-0.15, -0.1) is 0 Å². The molecule has 0 fully saturated rings. The topological polar surface area (TPSA) is 8.17 Å². The summed E-state index contributed by atoms with van der Waals surface area (Å²) in [5.41, 5.74) is 18.6. The van der Waals surface area contributed by atoms with Gasteiger partial charge in [-0.2, -0.15) is 0 Å². The highest BCUT2D eigenvalue weighted by Crippen LogP contribution is 2.55. The van der Waals surface area contributed by atoms with Gasteiger partial charge in [0.15, 0.2) is 0 Å². The average Bonchev–Trinajstić information content (AvgIpc) is 3.69. The minimum Gasteiger partial charge on any atom is -0.315 e. The molecule has 0 saturated heterocycles. The van der Waals surface area contributed by atoms with Crippen LogP contribution in [0.4, 0.5) is 11.4 Å². The third kappa shape index (κ3) is 7.13. The molecule has 0 radical (unpaired) electrons. The van der Waals surface area contributed by atoms with Crippen molar-refractivity contribution in [2.45, 2.75) is 53.4 Å². The first-order valence-electron chi connectivity index (χ1n) is 20.2. The standard InChI is InChI=1S/C55H52N2/c1-7-9-13-21-39(3)56(45-25-17-12-18-26-45)46-30-32-47(33-31-46)57-52-28-20-19-27-49(52)51-38-50(43(37-53(51)57)35-41-22-15-11-16-23-41)48-34-29-42-36-44(24-14-10-8-2)55(5,6)54(42)40(48)4/h7-28,30-33,37-38H,1-2,29,34-36H2,3-6H3/b13-9-,14-10-,39-21+,44-24+. The maximum absolute atomic E-state index is 3.88. The van der Waals surface area contributed by atoms with Crippen molar-refractivity contribution in [1.82, 2.24) is 4.57 Å². The summed E-state index contributed by atoms with van der Waals surface area (Å²) < 4.78 is 2.46. The number of fused-ring (bicyclic) bond motifs is 3. The zero-order valence-electron chi connectivity index (χ0n) is 33.8. The zero-order valence-corrected chi connectivity index (χ0v) is 33.8. The molecule has 0 amide bonds. The van der Waals surface area contributed by atoms with Crippen molar-refractivity contribution >= 4 is 38.8 Å². The van der Waals surface area contributed by atoms with Crippen molar-refractivity contribution in [2.24, 2.45) is 5.41 Å². The van der Waals surface area contributed by atoms with Gasteiger partial charge in [-0.3, -0.25) is 0 Å². The molecular formula is C55H52N2. The number of aromatic nitrogens is 1. The Morgan fingerprint density at radius 2 is 1.39 bits per heavy atom. The highest BCUT2D eigenvalue weighted by Gasteiger charge is 2.40. The second-order valence-corrected chi connectivity index (χ2v) is 15.9. The van der Waals surface area contributed by atoms with Crippen molar-refractivity contribution in [3.05, 3.63) is 228 Å². The van der Waals surface area contributed by atoms with Gasteiger partial charge in [0.05, 0.1) is 11.0 Å². The summed E-state index contributed by atoms with van der Waals surface area (Å²) in [5, 5.41) is 2.57. The van der Waals surface area contributed by atoms with Crippen molar-refractivity contribution in [1.29, 1.82) is 0 Å². The van der Waals surface area contributed by atoms with Gasteiger partial charge in [-0.1, -0.05) is 147 Å². The Kier molecular flexibility index (Phi) is 10.5. The first kappa shape index (κ1) is 37.5. The number of benzene rings is 5. The SMILES string of the molecule is C=C/C=C\C=C(/C)N(c1ccccc1)c1ccc(-n2c3ccccc3c3cc(C4=C(C)C5=C(CC4)C/C(=C\C=C/C=C)C5(C)C)c(Cc4ccccc4)cc32)cc1. The lowest BCUT2D eigenvalue weighted by Gasteiger charge is -2.31. The Balaban J connectivity index is 1.29. The maximum Gasteiger partial charge on any atom is 0.0544 e. The van der Waals surface area contributed by atoms with E-state index >= 15 is 0 Å². The van der Waals surface area contributed by atoms with Crippen LogP contribution >= 0.6 is 0 Å². The lowest BCUT2D eigenvalue weighted by Crippen LogP contribution is -2.16. The number of para-hydroxylation sites is 2. The maximum atomic E-state index is 3.88. The van der Waals surface area contributed by atoms with Crippen LogP contribution in [0.1, 0.15) is 63.6 Å². The van der Waals surface area contributed by atoms with Crippen LogP contribution in [0.2, 0.25) is 0 Å². The van der Waals surface area contributed by atoms with Gasteiger partial charge in [0.25, 0.3) is 0 Å². The number of hydrogen-bond donors (Lipinski definition) is 0. The molecule has 2 aliphatic rings. The third-order valence-electron chi connectivity index (χ3n) is 12.0. The van der Waals surface area contributed by atoms with Crippen molar-refractivity contribution in [3.63, 3.8) is 0 Å². The molecule has 0 bridgehead atoms. The Labute approximate surface area is 339 Å². The fraction of sp³-hybridized carbons (Fsp3) is 0.164. The molecule has 282 valence electrons. The largest absolute Gasteiger partial charge is 0.315 e. The molecule has 0 saturated carbocycles. The number of nitrogens with zero attached hydrogens (tertiary/aromatic N) is 2.